The lowest BCUT2D eigenvalue weighted by atomic mass is 10.1. The largest absolute Gasteiger partial charge is 0.465 e. The Labute approximate surface area is 82.4 Å². The monoisotopic (exact) mass is 195 g/mol. The van der Waals surface area contributed by atoms with Crippen LogP contribution in [0.25, 0.3) is 0 Å². The van der Waals surface area contributed by atoms with Crippen molar-refractivity contribution in [3.8, 4) is 0 Å². The van der Waals surface area contributed by atoms with E-state index in [1.54, 1.807) is 0 Å². The minimum absolute atomic E-state index is 0.479. The van der Waals surface area contributed by atoms with E-state index in [-0.39, 0.29) is 0 Å². The summed E-state index contributed by atoms with van der Waals surface area (Å²) in [6.07, 6.45) is 3.32. The summed E-state index contributed by atoms with van der Waals surface area (Å²) in [6.45, 7) is 5.44. The second-order valence-corrected chi connectivity index (χ2v) is 3.89. The number of hydrogen-bond acceptors (Lipinski definition) is 3. The maximum Gasteiger partial charge on any atom is 0.412 e. The second kappa shape index (κ2) is 3.61. The summed E-state index contributed by atoms with van der Waals surface area (Å²) in [5.41, 5.74) is -0.0243. The molecule has 5 nitrogen and oxygen atoms in total. The minimum Gasteiger partial charge on any atom is -0.465 e. The van der Waals surface area contributed by atoms with Gasteiger partial charge in [-0.1, -0.05) is 0 Å². The van der Waals surface area contributed by atoms with E-state index in [2.05, 4.69) is 9.97 Å². The van der Waals surface area contributed by atoms with Crippen LogP contribution in [-0.4, -0.2) is 26.7 Å². The average molecular weight is 195 g/mol. The summed E-state index contributed by atoms with van der Waals surface area (Å²) in [5, 5.41) is 9.03. The van der Waals surface area contributed by atoms with Crippen molar-refractivity contribution in [3.63, 3.8) is 0 Å². The maximum atomic E-state index is 11.0. The Bertz CT molecular complexity index is 319. The molecule has 0 atom stereocenters. The number of carbonyl (C=O) groups is 1. The predicted octanol–water partition coefficient (Wildman–Crippen LogP) is 1.76. The zero-order chi connectivity index (χ0) is 10.8. The first-order valence-electron chi connectivity index (χ1n) is 4.21. The summed E-state index contributed by atoms with van der Waals surface area (Å²) in [7, 11) is 0. The molecule has 1 rings (SSSR count). The molecule has 0 aliphatic rings. The summed E-state index contributed by atoms with van der Waals surface area (Å²) in [5.74, 6) is 0. The minimum atomic E-state index is -1.01. The Morgan fingerprint density at radius 3 is 2.21 bits per heavy atom. The highest BCUT2D eigenvalue weighted by Crippen LogP contribution is 2.21. The van der Waals surface area contributed by atoms with Crippen molar-refractivity contribution in [2.45, 2.75) is 26.3 Å². The normalized spacial score (nSPS) is 11.1. The van der Waals surface area contributed by atoms with Gasteiger partial charge in [-0.15, -0.1) is 0 Å². The summed E-state index contributed by atoms with van der Waals surface area (Å²) >= 11 is 0. The first-order chi connectivity index (χ1) is 6.43. The van der Waals surface area contributed by atoms with E-state index in [0.29, 0.717) is 5.69 Å². The zero-order valence-corrected chi connectivity index (χ0v) is 8.43. The molecule has 1 aromatic heterocycles. The number of carboxylic acid groups (broad SMARTS) is 1. The van der Waals surface area contributed by atoms with E-state index >= 15 is 0 Å². The summed E-state index contributed by atoms with van der Waals surface area (Å²) in [6, 6.07) is 0. The molecule has 0 radical (unpaired) electrons. The van der Waals surface area contributed by atoms with Gasteiger partial charge in [-0.25, -0.2) is 14.8 Å². The van der Waals surface area contributed by atoms with Gasteiger partial charge in [0.2, 0.25) is 0 Å². The second-order valence-electron chi connectivity index (χ2n) is 3.89. The number of rotatable bonds is 1. The Balaban J connectivity index is 3.08. The smallest absolute Gasteiger partial charge is 0.412 e. The average Bonchev–Trinajstić information content (AvgIpc) is 2.02. The van der Waals surface area contributed by atoms with Crippen LogP contribution in [0.1, 0.15) is 20.8 Å². The van der Waals surface area contributed by atoms with Crippen LogP contribution in [0.3, 0.4) is 0 Å². The Morgan fingerprint density at radius 2 is 1.86 bits per heavy atom. The highest BCUT2D eigenvalue weighted by atomic mass is 16.4. The first kappa shape index (κ1) is 10.4. The molecule has 0 saturated heterocycles. The van der Waals surface area contributed by atoms with E-state index in [4.69, 9.17) is 5.11 Å². The highest BCUT2D eigenvalue weighted by Gasteiger charge is 2.27. The number of hydrogen-bond donors (Lipinski definition) is 1. The molecule has 0 unspecified atom stereocenters. The van der Waals surface area contributed by atoms with Crippen LogP contribution in [-0.2, 0) is 0 Å². The topological polar surface area (TPSA) is 66.3 Å². The zero-order valence-electron chi connectivity index (χ0n) is 8.43. The predicted molar refractivity (Wildman–Crippen MR) is 52.3 cm³/mol. The molecule has 1 amide bonds. The third-order valence-electron chi connectivity index (χ3n) is 1.67. The lowest BCUT2D eigenvalue weighted by Crippen LogP contribution is -2.45. The van der Waals surface area contributed by atoms with Crippen molar-refractivity contribution in [3.05, 3.63) is 18.7 Å². The van der Waals surface area contributed by atoms with Gasteiger partial charge in [-0.3, -0.25) is 4.90 Å². The molecule has 1 heterocycles. The fourth-order valence-electron chi connectivity index (χ4n) is 1.19. The highest BCUT2D eigenvalue weighted by molar-refractivity contribution is 5.86. The van der Waals surface area contributed by atoms with Crippen LogP contribution in [0.5, 0.6) is 0 Å². The van der Waals surface area contributed by atoms with Gasteiger partial charge in [0.25, 0.3) is 0 Å². The van der Waals surface area contributed by atoms with Crippen molar-refractivity contribution < 1.29 is 9.90 Å². The van der Waals surface area contributed by atoms with Crippen molar-refractivity contribution in [2.75, 3.05) is 4.90 Å². The number of amides is 1. The van der Waals surface area contributed by atoms with E-state index < -0.39 is 11.6 Å². The van der Waals surface area contributed by atoms with Gasteiger partial charge in [0.05, 0.1) is 18.1 Å². The number of aromatic nitrogens is 2. The Kier molecular flexibility index (Phi) is 2.69. The third-order valence-corrected chi connectivity index (χ3v) is 1.67. The molecule has 14 heavy (non-hydrogen) atoms. The molecule has 1 N–H and O–H groups in total. The molecule has 0 spiro atoms. The molecule has 0 aromatic carbocycles. The van der Waals surface area contributed by atoms with Crippen LogP contribution in [0.2, 0.25) is 0 Å². The molecule has 1 aromatic rings. The van der Waals surface area contributed by atoms with Gasteiger partial charge in [0.1, 0.15) is 6.33 Å². The van der Waals surface area contributed by atoms with Crippen molar-refractivity contribution >= 4 is 11.8 Å². The molecule has 5 heteroatoms. The van der Waals surface area contributed by atoms with E-state index in [0.717, 1.165) is 0 Å². The quantitative estimate of drug-likeness (QED) is 0.741. The van der Waals surface area contributed by atoms with Crippen molar-refractivity contribution in [1.29, 1.82) is 0 Å². The molecular formula is C9H13N3O2. The first-order valence-corrected chi connectivity index (χ1v) is 4.21. The molecule has 76 valence electrons. The molecule has 0 aliphatic carbocycles. The van der Waals surface area contributed by atoms with Crippen LogP contribution < -0.4 is 4.90 Å². The van der Waals surface area contributed by atoms with Gasteiger partial charge < -0.3 is 5.11 Å². The SMILES string of the molecule is CC(C)(C)N(C(=O)O)c1cncnc1. The van der Waals surface area contributed by atoms with Crippen LogP contribution in [0.4, 0.5) is 10.5 Å². The standard InChI is InChI=1S/C9H13N3O2/c1-9(2,3)12(8(13)14)7-4-10-6-11-5-7/h4-6H,1-3H3,(H,13,14). The van der Waals surface area contributed by atoms with E-state index in [9.17, 15) is 4.79 Å². The molecule has 0 bridgehead atoms. The molecule has 0 fully saturated rings. The lowest BCUT2D eigenvalue weighted by Gasteiger charge is -2.32. The number of nitrogens with zero attached hydrogens (tertiary/aromatic N) is 3. The van der Waals surface area contributed by atoms with Gasteiger partial charge >= 0.3 is 6.09 Å². The lowest BCUT2D eigenvalue weighted by molar-refractivity contribution is 0.195. The summed E-state index contributed by atoms with van der Waals surface area (Å²) < 4.78 is 0. The maximum absolute atomic E-state index is 11.0. The number of anilines is 1. The Morgan fingerprint density at radius 1 is 1.36 bits per heavy atom. The van der Waals surface area contributed by atoms with Gasteiger partial charge in [0, 0.05) is 5.54 Å². The third kappa shape index (κ3) is 2.18. The summed E-state index contributed by atoms with van der Waals surface area (Å²) in [4.78, 5) is 19.8. The van der Waals surface area contributed by atoms with Crippen LogP contribution in [0, 0.1) is 0 Å². The van der Waals surface area contributed by atoms with Crippen molar-refractivity contribution in [1.82, 2.24) is 9.97 Å². The fourth-order valence-corrected chi connectivity index (χ4v) is 1.19. The van der Waals surface area contributed by atoms with Crippen molar-refractivity contribution in [2.24, 2.45) is 0 Å². The van der Waals surface area contributed by atoms with Gasteiger partial charge in [-0.05, 0) is 20.8 Å². The van der Waals surface area contributed by atoms with E-state index in [1.807, 2.05) is 20.8 Å². The molecular weight excluding hydrogens is 182 g/mol. The van der Waals surface area contributed by atoms with E-state index in [1.165, 1.54) is 23.6 Å². The van der Waals surface area contributed by atoms with Gasteiger partial charge in [0.15, 0.2) is 0 Å². The molecule has 0 saturated carbocycles. The molecule has 0 aliphatic heterocycles. The van der Waals surface area contributed by atoms with Crippen LogP contribution >= 0.6 is 0 Å². The van der Waals surface area contributed by atoms with Gasteiger partial charge in [-0.2, -0.15) is 0 Å². The Hall–Kier alpha value is -1.65. The fraction of sp³-hybridized carbons (Fsp3) is 0.444. The van der Waals surface area contributed by atoms with Crippen LogP contribution in [0.15, 0.2) is 18.7 Å².